The molecule has 1 saturated heterocycles. The molecular weight excluding hydrogens is 620 g/mol. The number of ether oxygens (including phenoxy) is 1. The minimum atomic E-state index is -1.01. The zero-order chi connectivity index (χ0) is 27.6. The molecule has 0 aromatic heterocycles. The zero-order valence-electron chi connectivity index (χ0n) is 20.3. The number of carboxylic acid groups (broad SMARTS) is 1. The average Bonchev–Trinajstić information content (AvgIpc) is 2.86. The van der Waals surface area contributed by atoms with E-state index in [1.54, 1.807) is 36.4 Å². The number of amides is 4. The van der Waals surface area contributed by atoms with Crippen LogP contribution in [0.2, 0.25) is 0 Å². The second-order valence-corrected chi connectivity index (χ2v) is 10.5. The number of anilines is 1. The van der Waals surface area contributed by atoms with Gasteiger partial charge in [0.25, 0.3) is 11.8 Å². The van der Waals surface area contributed by atoms with Crippen LogP contribution in [0.5, 0.6) is 5.75 Å². The molecule has 0 spiro atoms. The molecule has 38 heavy (non-hydrogen) atoms. The highest BCUT2D eigenvalue weighted by atomic mass is 79.9. The average molecular weight is 642 g/mol. The van der Waals surface area contributed by atoms with Crippen LogP contribution in [0.25, 0.3) is 6.08 Å². The van der Waals surface area contributed by atoms with Crippen LogP contribution < -0.4 is 15.0 Å². The number of halogens is 2. The maximum atomic E-state index is 13.2. The van der Waals surface area contributed by atoms with Gasteiger partial charge in [-0.05, 0) is 96.9 Å². The van der Waals surface area contributed by atoms with E-state index >= 15 is 0 Å². The van der Waals surface area contributed by atoms with Crippen LogP contribution in [-0.4, -0.2) is 28.9 Å². The summed E-state index contributed by atoms with van der Waals surface area (Å²) in [5.74, 6) is -1.75. The molecule has 0 saturated carbocycles. The Morgan fingerprint density at radius 1 is 1.00 bits per heavy atom. The molecule has 10 heteroatoms. The summed E-state index contributed by atoms with van der Waals surface area (Å²) < 4.78 is 7.01. The lowest BCUT2D eigenvalue weighted by molar-refractivity contribution is -0.122. The van der Waals surface area contributed by atoms with Gasteiger partial charge < -0.3 is 9.84 Å². The first-order valence-electron chi connectivity index (χ1n) is 11.5. The van der Waals surface area contributed by atoms with Gasteiger partial charge in [0.1, 0.15) is 17.9 Å². The Labute approximate surface area is 235 Å². The van der Waals surface area contributed by atoms with Crippen LogP contribution in [0.3, 0.4) is 0 Å². The van der Waals surface area contributed by atoms with Gasteiger partial charge in [0.15, 0.2) is 0 Å². The van der Waals surface area contributed by atoms with Crippen molar-refractivity contribution in [3.8, 4) is 5.75 Å². The van der Waals surface area contributed by atoms with E-state index in [2.05, 4.69) is 37.2 Å². The number of carbonyl (C=O) groups is 4. The molecule has 1 aliphatic rings. The highest BCUT2D eigenvalue weighted by Crippen LogP contribution is 2.36. The van der Waals surface area contributed by atoms with Crippen LogP contribution >= 0.6 is 31.9 Å². The first-order valence-corrected chi connectivity index (χ1v) is 13.1. The lowest BCUT2D eigenvalue weighted by Gasteiger charge is -2.26. The van der Waals surface area contributed by atoms with E-state index in [0.717, 1.165) is 16.0 Å². The first kappa shape index (κ1) is 27.3. The normalized spacial score (nSPS) is 14.7. The number of hydrogen-bond donors (Lipinski definition) is 2. The Kier molecular flexibility index (Phi) is 8.13. The fourth-order valence-electron chi connectivity index (χ4n) is 3.77. The quantitative estimate of drug-likeness (QED) is 0.232. The van der Waals surface area contributed by atoms with Crippen LogP contribution in [0.1, 0.15) is 46.8 Å². The summed E-state index contributed by atoms with van der Waals surface area (Å²) in [6, 6.07) is 15.9. The lowest BCUT2D eigenvalue weighted by Crippen LogP contribution is -2.54. The number of nitrogens with one attached hydrogen (secondary N) is 1. The number of barbiturate groups is 1. The second kappa shape index (κ2) is 11.3. The van der Waals surface area contributed by atoms with E-state index in [-0.39, 0.29) is 23.7 Å². The molecule has 1 aliphatic heterocycles. The maximum Gasteiger partial charge on any atom is 0.335 e. The summed E-state index contributed by atoms with van der Waals surface area (Å²) >= 11 is 6.92. The number of hydrogen-bond acceptors (Lipinski definition) is 5. The van der Waals surface area contributed by atoms with Crippen molar-refractivity contribution in [2.45, 2.75) is 26.4 Å². The van der Waals surface area contributed by atoms with Gasteiger partial charge in [-0.3, -0.25) is 14.9 Å². The van der Waals surface area contributed by atoms with E-state index in [1.165, 1.54) is 18.2 Å². The molecule has 0 radical (unpaired) electrons. The molecule has 0 atom stereocenters. The van der Waals surface area contributed by atoms with E-state index in [1.807, 2.05) is 26.0 Å². The number of rotatable bonds is 7. The molecule has 1 heterocycles. The molecule has 0 unspecified atom stereocenters. The smallest absolute Gasteiger partial charge is 0.335 e. The molecule has 4 rings (SSSR count). The summed E-state index contributed by atoms with van der Waals surface area (Å²) in [5, 5.41) is 11.3. The van der Waals surface area contributed by atoms with Gasteiger partial charge in [-0.15, -0.1) is 0 Å². The van der Waals surface area contributed by atoms with Gasteiger partial charge in [-0.25, -0.2) is 14.5 Å². The topological polar surface area (TPSA) is 113 Å². The fourth-order valence-corrected chi connectivity index (χ4v) is 5.22. The van der Waals surface area contributed by atoms with Crippen molar-refractivity contribution in [1.29, 1.82) is 0 Å². The molecule has 3 aromatic rings. The molecule has 0 bridgehead atoms. The zero-order valence-corrected chi connectivity index (χ0v) is 23.5. The number of nitrogens with zero attached hydrogens (tertiary/aromatic N) is 1. The molecule has 4 amide bonds. The molecule has 2 N–H and O–H groups in total. The Morgan fingerprint density at radius 2 is 1.61 bits per heavy atom. The third-order valence-corrected chi connectivity index (χ3v) is 7.01. The molecular formula is C28H22Br2N2O6. The largest absolute Gasteiger partial charge is 0.487 e. The number of imide groups is 2. The lowest BCUT2D eigenvalue weighted by atomic mass is 10.0. The molecule has 8 nitrogen and oxygen atoms in total. The van der Waals surface area contributed by atoms with Gasteiger partial charge >= 0.3 is 12.0 Å². The van der Waals surface area contributed by atoms with Crippen molar-refractivity contribution >= 4 is 67.4 Å². The summed E-state index contributed by atoms with van der Waals surface area (Å²) in [5.41, 5.74) is 2.70. The predicted molar refractivity (Wildman–Crippen MR) is 149 cm³/mol. The van der Waals surface area contributed by atoms with Crippen LogP contribution in [-0.2, 0) is 16.2 Å². The van der Waals surface area contributed by atoms with Gasteiger partial charge in [0.05, 0.1) is 20.2 Å². The van der Waals surface area contributed by atoms with Crippen molar-refractivity contribution in [2.75, 3.05) is 4.90 Å². The van der Waals surface area contributed by atoms with Crippen molar-refractivity contribution in [1.82, 2.24) is 5.32 Å². The maximum absolute atomic E-state index is 13.2. The van der Waals surface area contributed by atoms with Crippen LogP contribution in [0.4, 0.5) is 10.5 Å². The van der Waals surface area contributed by atoms with E-state index in [0.29, 0.717) is 25.9 Å². The highest BCUT2D eigenvalue weighted by Gasteiger charge is 2.36. The Balaban J connectivity index is 1.56. The van der Waals surface area contributed by atoms with Crippen LogP contribution in [0.15, 0.2) is 75.2 Å². The van der Waals surface area contributed by atoms with Crippen molar-refractivity contribution in [3.05, 3.63) is 97.4 Å². The van der Waals surface area contributed by atoms with Gasteiger partial charge in [0.2, 0.25) is 0 Å². The van der Waals surface area contributed by atoms with E-state index < -0.39 is 23.8 Å². The van der Waals surface area contributed by atoms with Gasteiger partial charge in [-0.2, -0.15) is 0 Å². The van der Waals surface area contributed by atoms with Crippen molar-refractivity contribution in [2.24, 2.45) is 0 Å². The minimum Gasteiger partial charge on any atom is -0.487 e. The summed E-state index contributed by atoms with van der Waals surface area (Å²) in [6.07, 6.45) is 1.41. The fraction of sp³-hybridized carbons (Fsp3) is 0.143. The molecule has 0 aliphatic carbocycles. The monoisotopic (exact) mass is 640 g/mol. The Bertz CT molecular complexity index is 1440. The standard InChI is InChI=1S/C28H22Br2N2O6/c1-15(2)18-7-9-20(10-8-18)32-26(34)21(25(33)31-28(32)37)11-17-12-22(29)24(23(30)13-17)38-14-16-3-5-19(6-4-16)27(35)36/h3-13,15H,14H2,1-2H3,(H,35,36)(H,31,33,37)/b21-11+. The SMILES string of the molecule is CC(C)c1ccc(N2C(=O)NC(=O)/C(=C\c3cc(Br)c(OCc4ccc(C(=O)O)cc4)c(Br)c3)C2=O)cc1. The van der Waals surface area contributed by atoms with E-state index in [4.69, 9.17) is 9.84 Å². The second-order valence-electron chi connectivity index (χ2n) is 8.81. The Hall–Kier alpha value is -3.76. The van der Waals surface area contributed by atoms with Gasteiger partial charge in [-0.1, -0.05) is 38.1 Å². The Morgan fingerprint density at radius 3 is 2.16 bits per heavy atom. The summed E-state index contributed by atoms with van der Waals surface area (Å²) in [7, 11) is 0. The molecule has 194 valence electrons. The third kappa shape index (κ3) is 5.87. The van der Waals surface area contributed by atoms with E-state index in [9.17, 15) is 19.2 Å². The van der Waals surface area contributed by atoms with Crippen LogP contribution in [0, 0.1) is 0 Å². The number of benzene rings is 3. The molecule has 3 aromatic carbocycles. The number of carbonyl (C=O) groups excluding carboxylic acids is 3. The highest BCUT2D eigenvalue weighted by molar-refractivity contribution is 9.11. The first-order chi connectivity index (χ1) is 18.0. The number of carboxylic acids is 1. The third-order valence-electron chi connectivity index (χ3n) is 5.84. The van der Waals surface area contributed by atoms with Crippen molar-refractivity contribution < 1.29 is 29.0 Å². The van der Waals surface area contributed by atoms with Crippen molar-refractivity contribution in [3.63, 3.8) is 0 Å². The predicted octanol–water partition coefficient (Wildman–Crippen LogP) is 6.28. The minimum absolute atomic E-state index is 0.183. The molecule has 1 fully saturated rings. The summed E-state index contributed by atoms with van der Waals surface area (Å²) in [6.45, 7) is 4.27. The number of urea groups is 1. The van der Waals surface area contributed by atoms with Gasteiger partial charge in [0, 0.05) is 0 Å². The number of aromatic carboxylic acids is 1. The summed E-state index contributed by atoms with van der Waals surface area (Å²) in [4.78, 5) is 50.3.